The molecule has 0 amide bonds. The summed E-state index contributed by atoms with van der Waals surface area (Å²) in [4.78, 5) is 19.1. The van der Waals surface area contributed by atoms with Crippen molar-refractivity contribution in [3.05, 3.63) is 65.7 Å². The third-order valence-electron chi connectivity index (χ3n) is 3.00. The average molecular weight is 267 g/mol. The Morgan fingerprint density at radius 3 is 2.70 bits per heavy atom. The van der Waals surface area contributed by atoms with Crippen molar-refractivity contribution in [2.75, 3.05) is 0 Å². The molecule has 0 saturated heterocycles. The quantitative estimate of drug-likeness (QED) is 0.784. The minimum atomic E-state index is -0.891. The van der Waals surface area contributed by atoms with Crippen LogP contribution in [0.15, 0.2) is 48.9 Å². The van der Waals surface area contributed by atoms with E-state index in [9.17, 15) is 4.79 Å². The third-order valence-corrected chi connectivity index (χ3v) is 3.00. The van der Waals surface area contributed by atoms with Crippen molar-refractivity contribution in [3.63, 3.8) is 0 Å². The van der Waals surface area contributed by atoms with E-state index in [2.05, 4.69) is 22.1 Å². The number of nitrogens with zero attached hydrogens (tertiary/aromatic N) is 3. The maximum Gasteiger partial charge on any atom is 0.309 e. The van der Waals surface area contributed by atoms with Crippen molar-refractivity contribution in [3.8, 4) is 0 Å². The van der Waals surface area contributed by atoms with Crippen molar-refractivity contribution in [1.29, 1.82) is 0 Å². The number of hydrogen-bond donors (Lipinski definition) is 1. The van der Waals surface area contributed by atoms with Gasteiger partial charge in [0.05, 0.1) is 12.1 Å². The molecular formula is C15H13N3O2. The largest absolute Gasteiger partial charge is 0.481 e. The Balaban J connectivity index is 1.88. The van der Waals surface area contributed by atoms with Gasteiger partial charge < -0.3 is 5.11 Å². The fourth-order valence-corrected chi connectivity index (χ4v) is 2.14. The van der Waals surface area contributed by atoms with Gasteiger partial charge in [-0.3, -0.25) is 9.20 Å². The molecule has 20 heavy (non-hydrogen) atoms. The molecule has 5 nitrogen and oxygen atoms in total. The zero-order valence-corrected chi connectivity index (χ0v) is 10.7. The van der Waals surface area contributed by atoms with Crippen molar-refractivity contribution in [1.82, 2.24) is 14.4 Å². The summed E-state index contributed by atoms with van der Waals surface area (Å²) < 4.78 is 1.77. The summed E-state index contributed by atoms with van der Waals surface area (Å²) in [6.45, 7) is 0. The topological polar surface area (TPSA) is 67.5 Å². The molecule has 0 spiro atoms. The second-order valence-corrected chi connectivity index (χ2v) is 4.63. The number of aliphatic carboxylic acids is 1. The molecule has 0 atom stereocenters. The van der Waals surface area contributed by atoms with Crippen molar-refractivity contribution in [2.45, 2.75) is 12.8 Å². The number of benzene rings is 1. The standard InChI is InChI=1S/C15H13N3O2/c19-14(20)7-13-10-18-9-12(8-16-15(18)17-13)6-11-4-2-1-3-5-11/h1-5,8-10H,6-7H2,(H,19,20). The van der Waals surface area contributed by atoms with Gasteiger partial charge in [-0.2, -0.15) is 0 Å². The van der Waals surface area contributed by atoms with E-state index in [4.69, 9.17) is 5.11 Å². The van der Waals surface area contributed by atoms with Gasteiger partial charge >= 0.3 is 5.97 Å². The predicted octanol–water partition coefficient (Wildman–Crippen LogP) is 1.95. The number of carboxylic acids is 1. The van der Waals surface area contributed by atoms with Crippen LogP contribution in [-0.2, 0) is 17.6 Å². The Morgan fingerprint density at radius 1 is 1.15 bits per heavy atom. The van der Waals surface area contributed by atoms with Crippen LogP contribution in [0.2, 0.25) is 0 Å². The summed E-state index contributed by atoms with van der Waals surface area (Å²) in [6, 6.07) is 10.1. The summed E-state index contributed by atoms with van der Waals surface area (Å²) in [5.74, 6) is -0.365. The molecule has 2 heterocycles. The lowest BCUT2D eigenvalue weighted by Crippen LogP contribution is -1.99. The van der Waals surface area contributed by atoms with Gasteiger partial charge in [0.15, 0.2) is 0 Å². The molecule has 0 aliphatic heterocycles. The third kappa shape index (κ3) is 2.66. The molecule has 0 saturated carbocycles. The molecule has 0 radical (unpaired) electrons. The average Bonchev–Trinajstić information content (AvgIpc) is 2.80. The molecule has 100 valence electrons. The maximum absolute atomic E-state index is 10.7. The van der Waals surface area contributed by atoms with E-state index in [1.165, 1.54) is 5.56 Å². The minimum Gasteiger partial charge on any atom is -0.481 e. The summed E-state index contributed by atoms with van der Waals surface area (Å²) >= 11 is 0. The van der Waals surface area contributed by atoms with Crippen LogP contribution in [0.4, 0.5) is 0 Å². The number of carbonyl (C=O) groups is 1. The van der Waals surface area contributed by atoms with Crippen LogP contribution in [-0.4, -0.2) is 25.4 Å². The summed E-state index contributed by atoms with van der Waals surface area (Å²) in [6.07, 6.45) is 6.13. The first-order chi connectivity index (χ1) is 9.70. The van der Waals surface area contributed by atoms with Gasteiger partial charge in [-0.15, -0.1) is 0 Å². The molecule has 0 aliphatic carbocycles. The zero-order chi connectivity index (χ0) is 13.9. The van der Waals surface area contributed by atoms with E-state index in [-0.39, 0.29) is 6.42 Å². The van der Waals surface area contributed by atoms with Crippen molar-refractivity contribution >= 4 is 11.7 Å². The minimum absolute atomic E-state index is 0.0859. The van der Waals surface area contributed by atoms with E-state index in [1.807, 2.05) is 24.4 Å². The van der Waals surface area contributed by atoms with E-state index >= 15 is 0 Å². The predicted molar refractivity (Wildman–Crippen MR) is 73.6 cm³/mol. The highest BCUT2D eigenvalue weighted by atomic mass is 16.4. The fraction of sp³-hybridized carbons (Fsp3) is 0.133. The van der Waals surface area contributed by atoms with Crippen LogP contribution in [0.3, 0.4) is 0 Å². The fourth-order valence-electron chi connectivity index (χ4n) is 2.14. The second kappa shape index (κ2) is 5.13. The molecule has 0 aliphatic rings. The van der Waals surface area contributed by atoms with Gasteiger partial charge in [0, 0.05) is 25.0 Å². The SMILES string of the molecule is O=C(O)Cc1cn2cc(Cc3ccccc3)cnc2n1. The van der Waals surface area contributed by atoms with Crippen LogP contribution in [0.1, 0.15) is 16.8 Å². The van der Waals surface area contributed by atoms with Crippen LogP contribution in [0.25, 0.3) is 5.78 Å². The first kappa shape index (κ1) is 12.3. The van der Waals surface area contributed by atoms with Gasteiger partial charge in [-0.25, -0.2) is 9.97 Å². The number of fused-ring (bicyclic) bond motifs is 1. The summed E-state index contributed by atoms with van der Waals surface area (Å²) in [5.41, 5.74) is 2.78. The lowest BCUT2D eigenvalue weighted by molar-refractivity contribution is -0.136. The zero-order valence-electron chi connectivity index (χ0n) is 10.7. The van der Waals surface area contributed by atoms with Crippen molar-refractivity contribution < 1.29 is 9.90 Å². The summed E-state index contributed by atoms with van der Waals surface area (Å²) in [5, 5.41) is 8.77. The van der Waals surface area contributed by atoms with Gasteiger partial charge in [-0.05, 0) is 11.1 Å². The van der Waals surface area contributed by atoms with Crippen LogP contribution in [0, 0.1) is 0 Å². The molecule has 2 aromatic heterocycles. The van der Waals surface area contributed by atoms with Crippen LogP contribution >= 0.6 is 0 Å². The number of rotatable bonds is 4. The van der Waals surface area contributed by atoms with Crippen molar-refractivity contribution in [2.24, 2.45) is 0 Å². The molecule has 5 heteroatoms. The number of hydrogen-bond acceptors (Lipinski definition) is 3. The Kier molecular flexibility index (Phi) is 3.16. The molecule has 0 fully saturated rings. The number of aromatic nitrogens is 3. The second-order valence-electron chi connectivity index (χ2n) is 4.63. The highest BCUT2D eigenvalue weighted by molar-refractivity contribution is 5.69. The molecule has 0 unspecified atom stereocenters. The Labute approximate surface area is 115 Å². The highest BCUT2D eigenvalue weighted by Gasteiger charge is 2.07. The molecule has 3 aromatic rings. The molecule has 1 N–H and O–H groups in total. The summed E-state index contributed by atoms with van der Waals surface area (Å²) in [7, 11) is 0. The van der Waals surface area contributed by atoms with E-state index < -0.39 is 5.97 Å². The first-order valence-corrected chi connectivity index (χ1v) is 6.29. The lowest BCUT2D eigenvalue weighted by atomic mass is 10.1. The maximum atomic E-state index is 10.7. The lowest BCUT2D eigenvalue weighted by Gasteiger charge is -2.01. The van der Waals surface area contributed by atoms with E-state index in [0.717, 1.165) is 12.0 Å². The van der Waals surface area contributed by atoms with Gasteiger partial charge in [0.25, 0.3) is 0 Å². The first-order valence-electron chi connectivity index (χ1n) is 6.29. The Hall–Kier alpha value is -2.69. The van der Waals surface area contributed by atoms with Crippen LogP contribution in [0.5, 0.6) is 0 Å². The van der Waals surface area contributed by atoms with Gasteiger partial charge in [0.2, 0.25) is 5.78 Å². The normalized spacial score (nSPS) is 10.8. The Bertz CT molecular complexity index is 750. The molecule has 0 bridgehead atoms. The number of imidazole rings is 1. The molecular weight excluding hydrogens is 254 g/mol. The highest BCUT2D eigenvalue weighted by Crippen LogP contribution is 2.10. The van der Waals surface area contributed by atoms with Crippen LogP contribution < -0.4 is 0 Å². The monoisotopic (exact) mass is 267 g/mol. The number of carboxylic acid groups (broad SMARTS) is 1. The molecule has 3 rings (SSSR count). The molecule has 1 aromatic carbocycles. The van der Waals surface area contributed by atoms with Gasteiger partial charge in [0.1, 0.15) is 0 Å². The van der Waals surface area contributed by atoms with Gasteiger partial charge in [-0.1, -0.05) is 30.3 Å². The Morgan fingerprint density at radius 2 is 1.95 bits per heavy atom. The van der Waals surface area contributed by atoms with E-state index in [1.54, 1.807) is 16.8 Å². The smallest absolute Gasteiger partial charge is 0.309 e. The van der Waals surface area contributed by atoms with E-state index in [0.29, 0.717) is 11.5 Å².